The van der Waals surface area contributed by atoms with Crippen molar-refractivity contribution in [2.75, 3.05) is 6.54 Å². The maximum Gasteiger partial charge on any atom is 0.218 e. The summed E-state index contributed by atoms with van der Waals surface area (Å²) in [4.78, 5) is 10.4. The van der Waals surface area contributed by atoms with Crippen LogP contribution >= 0.6 is 0 Å². The zero-order chi connectivity index (χ0) is 10.4. The minimum atomic E-state index is -0.553. The molecule has 1 rings (SSSR count). The zero-order valence-electron chi connectivity index (χ0n) is 7.93. The van der Waals surface area contributed by atoms with Gasteiger partial charge in [-0.05, 0) is 12.1 Å². The lowest BCUT2D eigenvalue weighted by Crippen LogP contribution is -2.25. The topological polar surface area (TPSA) is 69.2 Å². The summed E-state index contributed by atoms with van der Waals surface area (Å²) >= 11 is 0. The van der Waals surface area contributed by atoms with Crippen molar-refractivity contribution >= 4 is 0 Å². The van der Waals surface area contributed by atoms with E-state index in [-0.39, 0.29) is 4.92 Å². The lowest BCUT2D eigenvalue weighted by molar-refractivity contribution is -0.522. The average molecular weight is 194 g/mol. The highest BCUT2D eigenvalue weighted by molar-refractivity contribution is 5.15. The molecule has 14 heavy (non-hydrogen) atoms. The molecule has 0 saturated heterocycles. The molecule has 0 aliphatic rings. The number of benzene rings is 1. The maximum atomic E-state index is 10.6. The molecule has 76 valence electrons. The van der Waals surface area contributed by atoms with Crippen LogP contribution in [0.15, 0.2) is 30.3 Å². The minimum absolute atomic E-state index is 0.250. The van der Waals surface area contributed by atoms with Crippen LogP contribution in [0, 0.1) is 10.1 Å². The standard InChI is InChI=1S/C10H14N2O2/c11-7-6-10(12(13)14)8-9-4-2-1-3-5-9/h1-5,10H,6-8,11H2. The first kappa shape index (κ1) is 10.7. The molecule has 2 N–H and O–H groups in total. The molecule has 1 aromatic rings. The smallest absolute Gasteiger partial charge is 0.218 e. The van der Waals surface area contributed by atoms with Gasteiger partial charge in [0.05, 0.1) is 0 Å². The van der Waals surface area contributed by atoms with E-state index in [4.69, 9.17) is 5.73 Å². The van der Waals surface area contributed by atoms with Gasteiger partial charge in [0, 0.05) is 17.8 Å². The fraction of sp³-hybridized carbons (Fsp3) is 0.400. The lowest BCUT2D eigenvalue weighted by Gasteiger charge is -2.07. The van der Waals surface area contributed by atoms with Gasteiger partial charge >= 0.3 is 0 Å². The van der Waals surface area contributed by atoms with Crippen molar-refractivity contribution in [1.82, 2.24) is 0 Å². The summed E-state index contributed by atoms with van der Waals surface area (Å²) in [6, 6.07) is 8.90. The molecule has 1 aromatic carbocycles. The van der Waals surface area contributed by atoms with Gasteiger partial charge in [-0.1, -0.05) is 30.3 Å². The molecule has 0 amide bonds. The van der Waals surface area contributed by atoms with Crippen LogP contribution in [-0.2, 0) is 6.42 Å². The number of nitrogens with two attached hydrogens (primary N) is 1. The Morgan fingerprint density at radius 1 is 1.36 bits per heavy atom. The van der Waals surface area contributed by atoms with Crippen molar-refractivity contribution < 1.29 is 4.92 Å². The summed E-state index contributed by atoms with van der Waals surface area (Å²) in [6.45, 7) is 0.360. The van der Waals surface area contributed by atoms with Crippen molar-refractivity contribution in [3.63, 3.8) is 0 Å². The Hall–Kier alpha value is -1.42. The highest BCUT2D eigenvalue weighted by atomic mass is 16.6. The SMILES string of the molecule is NCCC(Cc1ccccc1)[N+](=O)[O-]. The third-order valence-corrected chi connectivity index (χ3v) is 2.11. The van der Waals surface area contributed by atoms with E-state index in [1.54, 1.807) is 0 Å². The van der Waals surface area contributed by atoms with E-state index >= 15 is 0 Å². The molecule has 0 saturated carbocycles. The number of rotatable bonds is 5. The van der Waals surface area contributed by atoms with E-state index in [2.05, 4.69) is 0 Å². The molecule has 1 atom stereocenters. The van der Waals surface area contributed by atoms with Crippen molar-refractivity contribution in [1.29, 1.82) is 0 Å². The third-order valence-electron chi connectivity index (χ3n) is 2.11. The van der Waals surface area contributed by atoms with E-state index in [1.165, 1.54) is 0 Å². The van der Waals surface area contributed by atoms with Crippen LogP contribution in [0.1, 0.15) is 12.0 Å². The second-order valence-electron chi connectivity index (χ2n) is 3.21. The first-order chi connectivity index (χ1) is 6.74. The summed E-state index contributed by atoms with van der Waals surface area (Å²) in [7, 11) is 0. The fourth-order valence-corrected chi connectivity index (χ4v) is 1.36. The number of nitro groups is 1. The molecule has 0 spiro atoms. The molecule has 4 heteroatoms. The predicted molar refractivity (Wildman–Crippen MR) is 54.6 cm³/mol. The summed E-state index contributed by atoms with van der Waals surface area (Å²) in [6.07, 6.45) is 0.896. The lowest BCUT2D eigenvalue weighted by atomic mass is 10.0. The van der Waals surface area contributed by atoms with Crippen LogP contribution < -0.4 is 5.73 Å². The summed E-state index contributed by atoms with van der Waals surface area (Å²) < 4.78 is 0. The molecular formula is C10H14N2O2. The Bertz CT molecular complexity index is 287. The molecule has 4 nitrogen and oxygen atoms in total. The molecular weight excluding hydrogens is 180 g/mol. The second-order valence-corrected chi connectivity index (χ2v) is 3.21. The highest BCUT2D eigenvalue weighted by Crippen LogP contribution is 2.07. The summed E-state index contributed by atoms with van der Waals surface area (Å²) in [5, 5.41) is 10.6. The average Bonchev–Trinajstić information content (AvgIpc) is 2.18. The molecule has 1 unspecified atom stereocenters. The Balaban J connectivity index is 2.60. The van der Waals surface area contributed by atoms with Crippen molar-refractivity contribution in [2.45, 2.75) is 18.9 Å². The highest BCUT2D eigenvalue weighted by Gasteiger charge is 2.18. The van der Waals surface area contributed by atoms with Crippen LogP contribution in [0.5, 0.6) is 0 Å². The largest absolute Gasteiger partial charge is 0.330 e. The first-order valence-electron chi connectivity index (χ1n) is 4.61. The van der Waals surface area contributed by atoms with Gasteiger partial charge in [0.25, 0.3) is 0 Å². The van der Waals surface area contributed by atoms with Gasteiger partial charge in [-0.3, -0.25) is 10.1 Å². The molecule has 0 heterocycles. The molecule has 0 fully saturated rings. The third kappa shape index (κ3) is 3.14. The summed E-state index contributed by atoms with van der Waals surface area (Å²) in [5.74, 6) is 0. The number of nitrogens with zero attached hydrogens (tertiary/aromatic N) is 1. The fourth-order valence-electron chi connectivity index (χ4n) is 1.36. The molecule has 0 aliphatic carbocycles. The van der Waals surface area contributed by atoms with E-state index in [0.29, 0.717) is 19.4 Å². The van der Waals surface area contributed by atoms with Gasteiger partial charge in [0.2, 0.25) is 6.04 Å². The predicted octanol–water partition coefficient (Wildman–Crippen LogP) is 1.22. The van der Waals surface area contributed by atoms with Gasteiger partial charge in [0.1, 0.15) is 0 Å². The van der Waals surface area contributed by atoms with E-state index in [0.717, 1.165) is 5.56 Å². The van der Waals surface area contributed by atoms with Crippen LogP contribution in [0.2, 0.25) is 0 Å². The van der Waals surface area contributed by atoms with E-state index in [1.807, 2.05) is 30.3 Å². The normalized spacial score (nSPS) is 12.4. The zero-order valence-corrected chi connectivity index (χ0v) is 7.93. The number of hydrogen-bond acceptors (Lipinski definition) is 3. The first-order valence-corrected chi connectivity index (χ1v) is 4.61. The maximum absolute atomic E-state index is 10.6. The van der Waals surface area contributed by atoms with E-state index in [9.17, 15) is 10.1 Å². The van der Waals surface area contributed by atoms with Crippen molar-refractivity contribution in [3.8, 4) is 0 Å². The molecule has 0 bridgehead atoms. The van der Waals surface area contributed by atoms with E-state index < -0.39 is 6.04 Å². The van der Waals surface area contributed by atoms with Gasteiger partial charge in [0.15, 0.2) is 0 Å². The van der Waals surface area contributed by atoms with Gasteiger partial charge in [-0.15, -0.1) is 0 Å². The molecule has 0 radical (unpaired) electrons. The van der Waals surface area contributed by atoms with Crippen LogP contribution in [0.4, 0.5) is 0 Å². The Kier molecular flexibility index (Phi) is 4.07. The van der Waals surface area contributed by atoms with Crippen LogP contribution in [0.3, 0.4) is 0 Å². The van der Waals surface area contributed by atoms with Crippen LogP contribution in [0.25, 0.3) is 0 Å². The Labute approximate surface area is 82.9 Å². The monoisotopic (exact) mass is 194 g/mol. The van der Waals surface area contributed by atoms with Gasteiger partial charge in [-0.25, -0.2) is 0 Å². The van der Waals surface area contributed by atoms with Crippen LogP contribution in [-0.4, -0.2) is 17.5 Å². The van der Waals surface area contributed by atoms with Crippen molar-refractivity contribution in [3.05, 3.63) is 46.0 Å². The van der Waals surface area contributed by atoms with Crippen molar-refractivity contribution in [2.24, 2.45) is 5.73 Å². The molecule has 0 aliphatic heterocycles. The Morgan fingerprint density at radius 2 is 2.00 bits per heavy atom. The second kappa shape index (κ2) is 5.34. The molecule has 0 aromatic heterocycles. The minimum Gasteiger partial charge on any atom is -0.330 e. The van der Waals surface area contributed by atoms with Gasteiger partial charge in [-0.2, -0.15) is 0 Å². The number of hydrogen-bond donors (Lipinski definition) is 1. The quantitative estimate of drug-likeness (QED) is 0.566. The Morgan fingerprint density at radius 3 is 2.50 bits per heavy atom. The van der Waals surface area contributed by atoms with Gasteiger partial charge < -0.3 is 5.73 Å². The summed E-state index contributed by atoms with van der Waals surface area (Å²) in [5.41, 5.74) is 6.30.